The molecular formula is C18H29N5O2. The van der Waals surface area contributed by atoms with E-state index in [9.17, 15) is 4.79 Å². The summed E-state index contributed by atoms with van der Waals surface area (Å²) in [5, 5.41) is 2.89. The van der Waals surface area contributed by atoms with E-state index in [0.717, 1.165) is 56.4 Å². The number of piperidine rings is 1. The van der Waals surface area contributed by atoms with Gasteiger partial charge in [0.05, 0.1) is 12.3 Å². The number of methoxy groups -OCH3 is 1. The van der Waals surface area contributed by atoms with E-state index >= 15 is 0 Å². The Bertz CT molecular complexity index is 620. The van der Waals surface area contributed by atoms with Crippen LogP contribution >= 0.6 is 0 Å². The van der Waals surface area contributed by atoms with Crippen LogP contribution in [0.4, 0.5) is 10.6 Å². The molecule has 0 unspecified atom stereocenters. The fourth-order valence-corrected chi connectivity index (χ4v) is 3.44. The molecule has 1 aromatic heterocycles. The first kappa shape index (κ1) is 17.9. The Kier molecular flexibility index (Phi) is 5.13. The number of hydrogen-bond acceptors (Lipinski definition) is 5. The number of ether oxygens (including phenoxy) is 1. The first-order valence-corrected chi connectivity index (χ1v) is 9.05. The van der Waals surface area contributed by atoms with Crippen molar-refractivity contribution in [1.29, 1.82) is 0 Å². The van der Waals surface area contributed by atoms with Crippen molar-refractivity contribution in [1.82, 2.24) is 20.2 Å². The summed E-state index contributed by atoms with van der Waals surface area (Å²) in [7, 11) is 1.69. The molecule has 0 aromatic carbocycles. The predicted molar refractivity (Wildman–Crippen MR) is 96.8 cm³/mol. The summed E-state index contributed by atoms with van der Waals surface area (Å²) in [4.78, 5) is 25.6. The van der Waals surface area contributed by atoms with Crippen LogP contribution in [0.15, 0.2) is 6.07 Å². The van der Waals surface area contributed by atoms with Crippen molar-refractivity contribution in [3.63, 3.8) is 0 Å². The van der Waals surface area contributed by atoms with Gasteiger partial charge in [0.2, 0.25) is 0 Å². The van der Waals surface area contributed by atoms with Crippen LogP contribution in [0.1, 0.15) is 45.1 Å². The van der Waals surface area contributed by atoms with Crippen LogP contribution in [-0.4, -0.2) is 60.2 Å². The summed E-state index contributed by atoms with van der Waals surface area (Å²) < 4.78 is 5.27. The van der Waals surface area contributed by atoms with Crippen molar-refractivity contribution in [2.45, 2.75) is 51.7 Å². The smallest absolute Gasteiger partial charge is 0.317 e. The van der Waals surface area contributed by atoms with Crippen molar-refractivity contribution < 1.29 is 9.53 Å². The third-order valence-corrected chi connectivity index (χ3v) is 4.85. The second-order valence-electron chi connectivity index (χ2n) is 7.87. The van der Waals surface area contributed by atoms with Crippen LogP contribution < -0.4 is 10.2 Å². The Morgan fingerprint density at radius 1 is 1.24 bits per heavy atom. The van der Waals surface area contributed by atoms with E-state index in [1.165, 1.54) is 0 Å². The van der Waals surface area contributed by atoms with E-state index in [1.54, 1.807) is 7.11 Å². The number of nitrogens with one attached hydrogen (secondary N) is 1. The maximum atomic E-state index is 11.9. The number of hydrogen-bond donors (Lipinski definition) is 1. The van der Waals surface area contributed by atoms with Gasteiger partial charge in [0.1, 0.15) is 11.6 Å². The highest BCUT2D eigenvalue weighted by molar-refractivity contribution is 5.76. The van der Waals surface area contributed by atoms with E-state index in [0.29, 0.717) is 12.6 Å². The molecule has 2 fully saturated rings. The largest absolute Gasteiger partial charge is 0.378 e. The summed E-state index contributed by atoms with van der Waals surface area (Å²) >= 11 is 0. The highest BCUT2D eigenvalue weighted by Crippen LogP contribution is 2.26. The average molecular weight is 347 g/mol. The van der Waals surface area contributed by atoms with Crippen LogP contribution in [0.2, 0.25) is 0 Å². The van der Waals surface area contributed by atoms with Crippen LogP contribution in [0, 0.1) is 0 Å². The Morgan fingerprint density at radius 3 is 2.52 bits per heavy atom. The minimum absolute atomic E-state index is 0.0814. The van der Waals surface area contributed by atoms with E-state index in [2.05, 4.69) is 36.0 Å². The number of carbonyl (C=O) groups is 1. The standard InChI is InChI=1S/C18H29N5O2/c1-18(2,3)16-20-13(12-25-4)11-15(21-16)22-8-5-14(6-9-22)23-10-7-19-17(23)24/h11,14H,5-10,12H2,1-4H3,(H,19,24). The van der Waals surface area contributed by atoms with Gasteiger partial charge in [0, 0.05) is 50.8 Å². The lowest BCUT2D eigenvalue weighted by Crippen LogP contribution is -2.46. The number of nitrogens with zero attached hydrogens (tertiary/aromatic N) is 4. The Morgan fingerprint density at radius 2 is 1.96 bits per heavy atom. The lowest BCUT2D eigenvalue weighted by atomic mass is 9.95. The van der Waals surface area contributed by atoms with Crippen molar-refractivity contribution in [3.8, 4) is 0 Å². The minimum Gasteiger partial charge on any atom is -0.378 e. The molecule has 0 saturated carbocycles. The molecular weight excluding hydrogens is 318 g/mol. The molecule has 138 valence electrons. The Labute approximate surface area is 149 Å². The maximum absolute atomic E-state index is 11.9. The van der Waals surface area contributed by atoms with Crippen LogP contribution in [0.3, 0.4) is 0 Å². The third-order valence-electron chi connectivity index (χ3n) is 4.85. The van der Waals surface area contributed by atoms with Crippen LogP contribution in [0.5, 0.6) is 0 Å². The number of rotatable bonds is 4. The van der Waals surface area contributed by atoms with Crippen molar-refractivity contribution in [2.75, 3.05) is 38.2 Å². The molecule has 2 aliphatic rings. The lowest BCUT2D eigenvalue weighted by Gasteiger charge is -2.37. The molecule has 0 aliphatic carbocycles. The van der Waals surface area contributed by atoms with Crippen molar-refractivity contribution in [3.05, 3.63) is 17.6 Å². The highest BCUT2D eigenvalue weighted by Gasteiger charge is 2.31. The zero-order chi connectivity index (χ0) is 18.0. The van der Waals surface area contributed by atoms with Crippen LogP contribution in [0.25, 0.3) is 0 Å². The molecule has 3 heterocycles. The molecule has 2 saturated heterocycles. The van der Waals surface area contributed by atoms with E-state index in [-0.39, 0.29) is 11.4 Å². The molecule has 3 rings (SSSR count). The molecule has 0 bridgehead atoms. The third kappa shape index (κ3) is 4.03. The summed E-state index contributed by atoms with van der Waals surface area (Å²) in [6.45, 7) is 10.3. The van der Waals surface area contributed by atoms with Gasteiger partial charge >= 0.3 is 6.03 Å². The first-order chi connectivity index (χ1) is 11.9. The van der Waals surface area contributed by atoms with Gasteiger partial charge in [0.25, 0.3) is 0 Å². The zero-order valence-electron chi connectivity index (χ0n) is 15.7. The number of aromatic nitrogens is 2. The van der Waals surface area contributed by atoms with Gasteiger partial charge in [0.15, 0.2) is 0 Å². The second kappa shape index (κ2) is 7.15. The lowest BCUT2D eigenvalue weighted by molar-refractivity contribution is 0.180. The van der Waals surface area contributed by atoms with E-state index in [4.69, 9.17) is 9.72 Å². The summed E-state index contributed by atoms with van der Waals surface area (Å²) in [6.07, 6.45) is 1.95. The van der Waals surface area contributed by atoms with Gasteiger partial charge in [-0.15, -0.1) is 0 Å². The molecule has 7 heteroatoms. The first-order valence-electron chi connectivity index (χ1n) is 9.05. The number of urea groups is 1. The molecule has 2 amide bonds. The molecule has 1 aromatic rings. The topological polar surface area (TPSA) is 70.6 Å². The van der Waals surface area contributed by atoms with Gasteiger partial charge in [-0.3, -0.25) is 0 Å². The summed E-state index contributed by atoms with van der Waals surface area (Å²) in [6, 6.07) is 2.45. The van der Waals surface area contributed by atoms with Crippen LogP contribution in [-0.2, 0) is 16.8 Å². The second-order valence-corrected chi connectivity index (χ2v) is 7.87. The molecule has 25 heavy (non-hydrogen) atoms. The average Bonchev–Trinajstić information content (AvgIpc) is 3.00. The Balaban J connectivity index is 1.73. The van der Waals surface area contributed by atoms with Gasteiger partial charge < -0.3 is 19.9 Å². The van der Waals surface area contributed by atoms with Crippen molar-refractivity contribution >= 4 is 11.8 Å². The summed E-state index contributed by atoms with van der Waals surface area (Å²) in [5.74, 6) is 1.81. The highest BCUT2D eigenvalue weighted by atomic mass is 16.5. The molecule has 2 aliphatic heterocycles. The maximum Gasteiger partial charge on any atom is 0.317 e. The fraction of sp³-hybridized carbons (Fsp3) is 0.722. The quantitative estimate of drug-likeness (QED) is 0.901. The van der Waals surface area contributed by atoms with Gasteiger partial charge in [-0.2, -0.15) is 0 Å². The zero-order valence-corrected chi connectivity index (χ0v) is 15.7. The minimum atomic E-state index is -0.107. The van der Waals surface area contributed by atoms with Gasteiger partial charge in [-0.1, -0.05) is 20.8 Å². The van der Waals surface area contributed by atoms with Gasteiger partial charge in [-0.05, 0) is 12.8 Å². The number of carbonyl (C=O) groups excluding carboxylic acids is 1. The van der Waals surface area contributed by atoms with E-state index < -0.39 is 0 Å². The SMILES string of the molecule is COCc1cc(N2CCC(N3CCNC3=O)CC2)nc(C(C)(C)C)n1. The Hall–Kier alpha value is -1.89. The van der Waals surface area contributed by atoms with Gasteiger partial charge in [-0.25, -0.2) is 14.8 Å². The number of anilines is 1. The normalized spacial score (nSPS) is 19.4. The predicted octanol–water partition coefficient (Wildman–Crippen LogP) is 1.91. The molecule has 0 atom stereocenters. The fourth-order valence-electron chi connectivity index (χ4n) is 3.44. The summed E-state index contributed by atoms with van der Waals surface area (Å²) in [5.41, 5.74) is 0.809. The molecule has 1 N–H and O–H groups in total. The van der Waals surface area contributed by atoms with E-state index in [1.807, 2.05) is 11.0 Å². The monoisotopic (exact) mass is 347 g/mol. The molecule has 0 spiro atoms. The molecule has 0 radical (unpaired) electrons. The molecule has 7 nitrogen and oxygen atoms in total. The van der Waals surface area contributed by atoms with Crippen molar-refractivity contribution in [2.24, 2.45) is 0 Å². The number of amides is 2.